The van der Waals surface area contributed by atoms with Gasteiger partial charge in [-0.3, -0.25) is 4.79 Å². The fraction of sp³-hybridized carbons (Fsp3) is 0.947. The van der Waals surface area contributed by atoms with Crippen molar-refractivity contribution in [2.45, 2.75) is 51.9 Å². The van der Waals surface area contributed by atoms with Crippen LogP contribution in [0, 0.1) is 11.8 Å². The maximum absolute atomic E-state index is 12.8. The van der Waals surface area contributed by atoms with E-state index in [9.17, 15) is 13.2 Å². The summed E-state index contributed by atoms with van der Waals surface area (Å²) in [6.07, 6.45) is 6.72. The molecule has 156 valence electrons. The molecule has 0 saturated carbocycles. The Kier molecular flexibility index (Phi) is 7.53. The highest BCUT2D eigenvalue weighted by molar-refractivity contribution is 7.86. The first-order chi connectivity index (χ1) is 13.0. The number of hydrogen-bond acceptors (Lipinski definition) is 4. The van der Waals surface area contributed by atoms with Crippen LogP contribution in [0.4, 0.5) is 0 Å². The van der Waals surface area contributed by atoms with E-state index in [1.165, 1.54) is 25.9 Å². The van der Waals surface area contributed by atoms with Gasteiger partial charge in [0.15, 0.2) is 0 Å². The normalized spacial score (nSPS) is 25.1. The Balaban J connectivity index is 1.36. The molecule has 0 bridgehead atoms. The molecule has 1 amide bonds. The van der Waals surface area contributed by atoms with Gasteiger partial charge in [0.1, 0.15) is 0 Å². The molecule has 3 rings (SSSR count). The summed E-state index contributed by atoms with van der Waals surface area (Å²) in [5.74, 6) is 0.654. The Hall–Kier alpha value is -0.700. The molecule has 3 aliphatic rings. The van der Waals surface area contributed by atoms with E-state index < -0.39 is 10.2 Å². The lowest BCUT2D eigenvalue weighted by molar-refractivity contribution is -0.126. The number of carbonyl (C=O) groups excluding carboxylic acids is 1. The van der Waals surface area contributed by atoms with Gasteiger partial charge >= 0.3 is 0 Å². The first kappa shape index (κ1) is 21.0. The minimum atomic E-state index is -3.36. The van der Waals surface area contributed by atoms with E-state index >= 15 is 0 Å². The molecule has 0 aliphatic carbocycles. The first-order valence-corrected chi connectivity index (χ1v) is 12.1. The largest absolute Gasteiger partial charge is 0.356 e. The lowest BCUT2D eigenvalue weighted by Gasteiger charge is -2.37. The Labute approximate surface area is 164 Å². The van der Waals surface area contributed by atoms with Crippen LogP contribution < -0.4 is 5.32 Å². The average molecular weight is 401 g/mol. The SMILES string of the molecule is CC1CCN(S(=O)(=O)N2CCC(C(=O)NCCCN3CCCC3)CC2)CC1. The van der Waals surface area contributed by atoms with E-state index in [-0.39, 0.29) is 11.8 Å². The van der Waals surface area contributed by atoms with E-state index in [1.807, 2.05) is 0 Å². The molecule has 27 heavy (non-hydrogen) atoms. The molecular weight excluding hydrogens is 364 g/mol. The molecule has 0 aromatic carbocycles. The van der Waals surface area contributed by atoms with Crippen LogP contribution in [0.1, 0.15) is 51.9 Å². The minimum Gasteiger partial charge on any atom is -0.356 e. The minimum absolute atomic E-state index is 0.0513. The topological polar surface area (TPSA) is 73.0 Å². The number of carbonyl (C=O) groups is 1. The fourth-order valence-electron chi connectivity index (χ4n) is 4.39. The molecule has 1 N–H and O–H groups in total. The third-order valence-electron chi connectivity index (χ3n) is 6.37. The van der Waals surface area contributed by atoms with Gasteiger partial charge in [-0.25, -0.2) is 0 Å². The smallest absolute Gasteiger partial charge is 0.281 e. The molecule has 7 nitrogen and oxygen atoms in total. The zero-order valence-electron chi connectivity index (χ0n) is 16.7. The number of hydrogen-bond donors (Lipinski definition) is 1. The summed E-state index contributed by atoms with van der Waals surface area (Å²) in [6, 6.07) is 0. The van der Waals surface area contributed by atoms with Crippen LogP contribution in [0.2, 0.25) is 0 Å². The molecular formula is C19H36N4O3S. The number of amides is 1. The van der Waals surface area contributed by atoms with Crippen molar-refractivity contribution in [2.24, 2.45) is 11.8 Å². The van der Waals surface area contributed by atoms with Gasteiger partial charge in [0.25, 0.3) is 10.2 Å². The van der Waals surface area contributed by atoms with Gasteiger partial charge in [0.05, 0.1) is 0 Å². The number of rotatable bonds is 7. The van der Waals surface area contributed by atoms with Crippen molar-refractivity contribution in [3.63, 3.8) is 0 Å². The zero-order chi connectivity index (χ0) is 19.3. The van der Waals surface area contributed by atoms with Crippen molar-refractivity contribution in [1.29, 1.82) is 0 Å². The van der Waals surface area contributed by atoms with Crippen LogP contribution in [-0.2, 0) is 15.0 Å². The molecule has 3 aliphatic heterocycles. The van der Waals surface area contributed by atoms with Crippen molar-refractivity contribution in [2.75, 3.05) is 52.4 Å². The van der Waals surface area contributed by atoms with Crippen LogP contribution in [-0.4, -0.2) is 80.2 Å². The second kappa shape index (κ2) is 9.67. The Morgan fingerprint density at radius 3 is 2.07 bits per heavy atom. The van der Waals surface area contributed by atoms with Crippen molar-refractivity contribution >= 4 is 16.1 Å². The number of nitrogens with zero attached hydrogens (tertiary/aromatic N) is 3. The van der Waals surface area contributed by atoms with Crippen LogP contribution in [0.15, 0.2) is 0 Å². The maximum Gasteiger partial charge on any atom is 0.281 e. The Morgan fingerprint density at radius 2 is 1.48 bits per heavy atom. The molecule has 3 fully saturated rings. The van der Waals surface area contributed by atoms with Crippen LogP contribution in [0.3, 0.4) is 0 Å². The quantitative estimate of drug-likeness (QED) is 0.654. The van der Waals surface area contributed by atoms with Gasteiger partial charge in [-0.05, 0) is 70.5 Å². The predicted molar refractivity (Wildman–Crippen MR) is 106 cm³/mol. The lowest BCUT2D eigenvalue weighted by Crippen LogP contribution is -2.50. The van der Waals surface area contributed by atoms with Crippen molar-refractivity contribution in [3.05, 3.63) is 0 Å². The van der Waals surface area contributed by atoms with E-state index in [0.29, 0.717) is 44.9 Å². The van der Waals surface area contributed by atoms with Crippen LogP contribution in [0.5, 0.6) is 0 Å². The second-order valence-electron chi connectivity index (χ2n) is 8.46. The maximum atomic E-state index is 12.8. The van der Waals surface area contributed by atoms with E-state index in [0.717, 1.165) is 32.4 Å². The van der Waals surface area contributed by atoms with Gasteiger partial charge in [0.2, 0.25) is 5.91 Å². The number of nitrogens with one attached hydrogen (secondary N) is 1. The van der Waals surface area contributed by atoms with Gasteiger partial charge in [-0.2, -0.15) is 17.0 Å². The summed E-state index contributed by atoms with van der Waals surface area (Å²) < 4.78 is 28.8. The molecule has 0 aromatic heterocycles. The third-order valence-corrected chi connectivity index (χ3v) is 8.40. The Morgan fingerprint density at radius 1 is 0.926 bits per heavy atom. The molecule has 3 saturated heterocycles. The molecule has 8 heteroatoms. The zero-order valence-corrected chi connectivity index (χ0v) is 17.6. The van der Waals surface area contributed by atoms with Gasteiger partial charge in [0, 0.05) is 38.6 Å². The second-order valence-corrected chi connectivity index (χ2v) is 10.4. The molecule has 0 unspecified atom stereocenters. The predicted octanol–water partition coefficient (Wildman–Crippen LogP) is 1.28. The summed E-state index contributed by atoms with van der Waals surface area (Å²) in [5, 5.41) is 3.05. The van der Waals surface area contributed by atoms with E-state index in [4.69, 9.17) is 0 Å². The lowest BCUT2D eigenvalue weighted by atomic mass is 9.97. The highest BCUT2D eigenvalue weighted by Crippen LogP contribution is 2.25. The third kappa shape index (κ3) is 5.65. The number of piperidine rings is 2. The molecule has 0 aromatic rings. The van der Waals surface area contributed by atoms with E-state index in [2.05, 4.69) is 17.1 Å². The van der Waals surface area contributed by atoms with Crippen LogP contribution in [0.25, 0.3) is 0 Å². The van der Waals surface area contributed by atoms with Crippen molar-refractivity contribution in [3.8, 4) is 0 Å². The van der Waals surface area contributed by atoms with Gasteiger partial charge in [-0.15, -0.1) is 0 Å². The van der Waals surface area contributed by atoms with E-state index in [1.54, 1.807) is 8.61 Å². The standard InChI is InChI=1S/C19H36N4O3S/c1-17-5-13-22(14-6-17)27(25,26)23-15-7-18(8-16-23)19(24)20-9-4-12-21-10-2-3-11-21/h17-18H,2-16H2,1H3,(H,20,24). The summed E-state index contributed by atoms with van der Waals surface area (Å²) in [5.41, 5.74) is 0. The molecule has 0 spiro atoms. The fourth-order valence-corrected chi connectivity index (χ4v) is 6.06. The highest BCUT2D eigenvalue weighted by Gasteiger charge is 2.35. The molecule has 0 radical (unpaired) electrons. The Bertz CT molecular complexity index is 576. The summed E-state index contributed by atoms with van der Waals surface area (Å²) >= 11 is 0. The van der Waals surface area contributed by atoms with Gasteiger partial charge < -0.3 is 10.2 Å². The van der Waals surface area contributed by atoms with Crippen LogP contribution >= 0.6 is 0 Å². The van der Waals surface area contributed by atoms with Crippen molar-refractivity contribution in [1.82, 2.24) is 18.8 Å². The summed E-state index contributed by atoms with van der Waals surface area (Å²) in [7, 11) is -3.36. The molecule has 3 heterocycles. The summed E-state index contributed by atoms with van der Waals surface area (Å²) in [6.45, 7) is 8.51. The van der Waals surface area contributed by atoms with Gasteiger partial charge in [-0.1, -0.05) is 6.92 Å². The molecule has 0 atom stereocenters. The summed E-state index contributed by atoms with van der Waals surface area (Å²) in [4.78, 5) is 14.8. The average Bonchev–Trinajstić information content (AvgIpc) is 3.19. The first-order valence-electron chi connectivity index (χ1n) is 10.7. The number of likely N-dealkylation sites (tertiary alicyclic amines) is 1. The highest BCUT2D eigenvalue weighted by atomic mass is 32.2. The monoisotopic (exact) mass is 400 g/mol. The van der Waals surface area contributed by atoms with Crippen molar-refractivity contribution < 1.29 is 13.2 Å².